The maximum atomic E-state index is 13.9. The van der Waals surface area contributed by atoms with Crippen molar-refractivity contribution in [3.8, 4) is 0 Å². The summed E-state index contributed by atoms with van der Waals surface area (Å²) in [6.45, 7) is -0.309. The van der Waals surface area contributed by atoms with Gasteiger partial charge in [-0.1, -0.05) is 12.1 Å². The molecule has 6 rings (SSSR count). The minimum atomic E-state index is -2.86. The van der Waals surface area contributed by atoms with Crippen LogP contribution in [0.5, 0.6) is 0 Å². The number of rotatable bonds is 4. The number of benzene rings is 1. The van der Waals surface area contributed by atoms with Crippen molar-refractivity contribution in [3.05, 3.63) is 34.9 Å². The number of likely N-dealkylation sites (tertiary alicyclic amines) is 1. The Balaban J connectivity index is 1.30. The summed E-state index contributed by atoms with van der Waals surface area (Å²) in [4.78, 5) is 43.3. The standard InChI is InChI=1S/C24H28F2N8O5/c25-22(26)7-6-12-11(8-22)2-1-3-13(12)19(37)30-15-10-34-21(28)29-14(9-33-16(35)4-5-17(33)36)18-23(34,24(15,38)39)32-20(27)31-18/h1-3,14-15,18,38-39H,4-10H2,(H6,27,28,29,30,31,32,37)/p+1/t14-,15?,18?,23?/m0/s1. The maximum absolute atomic E-state index is 13.9. The molecule has 1 aliphatic carbocycles. The number of carbonyl (C=O) groups is 3. The van der Waals surface area contributed by atoms with Gasteiger partial charge < -0.3 is 26.6 Å². The molecule has 3 amide bonds. The molecule has 39 heavy (non-hydrogen) atoms. The van der Waals surface area contributed by atoms with E-state index in [0.717, 1.165) is 4.90 Å². The molecule has 2 saturated heterocycles. The van der Waals surface area contributed by atoms with Crippen molar-refractivity contribution in [1.29, 1.82) is 0 Å². The highest BCUT2D eigenvalue weighted by Crippen LogP contribution is 2.42. The third-order valence-electron chi connectivity index (χ3n) is 8.41. The topological polar surface area (TPSA) is 198 Å². The van der Waals surface area contributed by atoms with Crippen molar-refractivity contribution in [2.75, 3.05) is 13.1 Å². The van der Waals surface area contributed by atoms with Crippen molar-refractivity contribution in [3.63, 3.8) is 0 Å². The van der Waals surface area contributed by atoms with Crippen LogP contribution in [0.4, 0.5) is 8.78 Å². The molecule has 1 aromatic rings. The number of hydrogen-bond acceptors (Lipinski definition) is 10. The SMILES string of the molecule is NC1=NC2[C@H](CN3C(=O)CCC3=O)NC(N)=[N+]3CC(NC(=O)c4cccc5c4CCC(F)(F)C5)C(O)(O)C23N1. The fraction of sp³-hybridized carbons (Fsp3) is 0.542. The molecule has 0 aromatic heterocycles. The molecule has 1 spiro atoms. The van der Waals surface area contributed by atoms with Crippen LogP contribution >= 0.6 is 0 Å². The number of nitrogens with one attached hydrogen (secondary N) is 3. The summed E-state index contributed by atoms with van der Waals surface area (Å²) in [5.74, 6) is -7.07. The second-order valence-corrected chi connectivity index (χ2v) is 10.7. The highest BCUT2D eigenvalue weighted by atomic mass is 19.3. The number of aliphatic imine (C=N–C) groups is 1. The first-order chi connectivity index (χ1) is 18.3. The van der Waals surface area contributed by atoms with E-state index in [2.05, 4.69) is 20.9 Å². The van der Waals surface area contributed by atoms with Crippen molar-refractivity contribution in [2.45, 2.75) is 67.6 Å². The van der Waals surface area contributed by atoms with Crippen LogP contribution in [0.1, 0.15) is 40.7 Å². The van der Waals surface area contributed by atoms with Gasteiger partial charge >= 0.3 is 5.96 Å². The number of aliphatic hydroxyl groups is 2. The Morgan fingerprint density at radius 3 is 2.64 bits per heavy atom. The number of alkyl halides is 2. The summed E-state index contributed by atoms with van der Waals surface area (Å²) >= 11 is 0. The number of nitrogens with two attached hydrogens (primary N) is 2. The van der Waals surface area contributed by atoms with E-state index in [9.17, 15) is 33.4 Å². The maximum Gasteiger partial charge on any atom is 0.346 e. The van der Waals surface area contributed by atoms with E-state index >= 15 is 0 Å². The van der Waals surface area contributed by atoms with E-state index < -0.39 is 54.2 Å². The number of hydrogen-bond donors (Lipinski definition) is 7. The van der Waals surface area contributed by atoms with Crippen LogP contribution in [0.15, 0.2) is 23.2 Å². The zero-order valence-corrected chi connectivity index (χ0v) is 20.8. The molecule has 15 heteroatoms. The molecule has 1 aromatic carbocycles. The van der Waals surface area contributed by atoms with Gasteiger partial charge in [0.1, 0.15) is 18.1 Å². The van der Waals surface area contributed by atoms with Gasteiger partial charge in [-0.05, 0) is 23.6 Å². The van der Waals surface area contributed by atoms with Gasteiger partial charge in [0.15, 0.2) is 5.96 Å². The molecule has 4 heterocycles. The van der Waals surface area contributed by atoms with Gasteiger partial charge in [0.05, 0.1) is 13.1 Å². The Morgan fingerprint density at radius 1 is 1.21 bits per heavy atom. The summed E-state index contributed by atoms with van der Waals surface area (Å²) in [7, 11) is 0. The number of carbonyl (C=O) groups excluding carboxylic acids is 3. The van der Waals surface area contributed by atoms with E-state index in [1.807, 2.05) is 0 Å². The number of halogens is 2. The molecule has 4 aliphatic heterocycles. The molecule has 0 bridgehead atoms. The molecule has 2 fully saturated rings. The summed E-state index contributed by atoms with van der Waals surface area (Å²) in [5, 5.41) is 31.7. The lowest BCUT2D eigenvalue weighted by Gasteiger charge is -2.44. The van der Waals surface area contributed by atoms with E-state index in [-0.39, 0.29) is 61.6 Å². The second kappa shape index (κ2) is 8.32. The summed E-state index contributed by atoms with van der Waals surface area (Å²) in [5.41, 5.74) is 11.5. The van der Waals surface area contributed by atoms with Gasteiger partial charge in [0, 0.05) is 31.2 Å². The molecule has 0 saturated carbocycles. The van der Waals surface area contributed by atoms with Crippen LogP contribution in [-0.2, 0) is 22.4 Å². The predicted octanol–water partition coefficient (Wildman–Crippen LogP) is -2.97. The molecule has 0 radical (unpaired) electrons. The second-order valence-electron chi connectivity index (χ2n) is 10.7. The van der Waals surface area contributed by atoms with Crippen LogP contribution in [0.25, 0.3) is 0 Å². The fourth-order valence-corrected chi connectivity index (χ4v) is 6.55. The number of nitrogens with zero attached hydrogens (tertiary/aromatic N) is 3. The van der Waals surface area contributed by atoms with E-state index in [1.54, 1.807) is 6.07 Å². The average molecular weight is 548 g/mol. The lowest BCUT2D eigenvalue weighted by atomic mass is 9.84. The van der Waals surface area contributed by atoms with Crippen LogP contribution in [0.3, 0.4) is 0 Å². The van der Waals surface area contributed by atoms with Crippen molar-refractivity contribution in [1.82, 2.24) is 20.9 Å². The van der Waals surface area contributed by atoms with Gasteiger partial charge in [0.2, 0.25) is 23.3 Å². The highest BCUT2D eigenvalue weighted by molar-refractivity contribution is 6.02. The monoisotopic (exact) mass is 547 g/mol. The Bertz CT molecular complexity index is 1350. The molecule has 9 N–H and O–H groups in total. The zero-order chi connectivity index (χ0) is 27.9. The fourth-order valence-electron chi connectivity index (χ4n) is 6.55. The number of fused-ring (bicyclic) bond motifs is 1. The summed E-state index contributed by atoms with van der Waals surface area (Å²) in [6.07, 6.45) is -0.706. The summed E-state index contributed by atoms with van der Waals surface area (Å²) < 4.78 is 29.3. The Morgan fingerprint density at radius 2 is 1.92 bits per heavy atom. The molecule has 208 valence electrons. The molecule has 3 unspecified atom stereocenters. The third-order valence-corrected chi connectivity index (χ3v) is 8.41. The minimum Gasteiger partial charge on any atom is -0.370 e. The largest absolute Gasteiger partial charge is 0.370 e. The predicted molar refractivity (Wildman–Crippen MR) is 130 cm³/mol. The lowest BCUT2D eigenvalue weighted by Crippen LogP contribution is -2.79. The van der Waals surface area contributed by atoms with E-state index in [1.165, 1.54) is 16.7 Å². The first-order valence-electron chi connectivity index (χ1n) is 12.7. The van der Waals surface area contributed by atoms with Crippen LogP contribution in [-0.4, -0.2) is 97.9 Å². The molecular weight excluding hydrogens is 518 g/mol. The average Bonchev–Trinajstić information content (AvgIpc) is 3.45. The third kappa shape index (κ3) is 3.66. The first kappa shape index (κ1) is 25.4. The molecule has 5 aliphatic rings. The molecular formula is C24H29F2N8O5+. The van der Waals surface area contributed by atoms with Crippen molar-refractivity contribution >= 4 is 29.6 Å². The number of amides is 3. The van der Waals surface area contributed by atoms with Crippen LogP contribution in [0.2, 0.25) is 0 Å². The van der Waals surface area contributed by atoms with Gasteiger partial charge in [-0.2, -0.15) is 0 Å². The lowest BCUT2D eigenvalue weighted by molar-refractivity contribution is -0.623. The number of guanidine groups is 2. The first-order valence-corrected chi connectivity index (χ1v) is 12.7. The molecule has 4 atom stereocenters. The van der Waals surface area contributed by atoms with Crippen molar-refractivity contribution in [2.24, 2.45) is 16.5 Å². The highest BCUT2D eigenvalue weighted by Gasteiger charge is 2.75. The summed E-state index contributed by atoms with van der Waals surface area (Å²) in [6, 6.07) is 1.40. The van der Waals surface area contributed by atoms with E-state index in [0.29, 0.717) is 11.1 Å². The Kier molecular flexibility index (Phi) is 5.43. The van der Waals surface area contributed by atoms with Gasteiger partial charge in [-0.25, -0.2) is 18.3 Å². The van der Waals surface area contributed by atoms with Crippen molar-refractivity contribution < 1.29 is 38.0 Å². The van der Waals surface area contributed by atoms with Crippen LogP contribution < -0.4 is 27.4 Å². The smallest absolute Gasteiger partial charge is 0.346 e. The molecule has 13 nitrogen and oxygen atoms in total. The Labute approximate surface area is 220 Å². The van der Waals surface area contributed by atoms with E-state index in [4.69, 9.17) is 11.5 Å². The van der Waals surface area contributed by atoms with Gasteiger partial charge in [-0.15, -0.1) is 0 Å². The Hall–Kier alpha value is -3.85. The van der Waals surface area contributed by atoms with Crippen LogP contribution in [0, 0.1) is 0 Å². The van der Waals surface area contributed by atoms with Gasteiger partial charge in [-0.3, -0.25) is 30.3 Å². The number of imide groups is 1. The zero-order valence-electron chi connectivity index (χ0n) is 20.8. The minimum absolute atomic E-state index is 0.00343. The quantitative estimate of drug-likeness (QED) is 0.117. The van der Waals surface area contributed by atoms with Gasteiger partial charge in [0.25, 0.3) is 11.8 Å². The normalized spacial score (nSPS) is 32.2.